The number of nitrogens with zero attached hydrogens (tertiary/aromatic N) is 6. The lowest BCUT2D eigenvalue weighted by atomic mass is 10.2. The smallest absolute Gasteiger partial charge is 0.276 e. The van der Waals surface area contributed by atoms with E-state index in [9.17, 15) is 23.3 Å². The largest absolute Gasteiger partial charge is 0.335 e. The second-order valence-corrected chi connectivity index (χ2v) is 11.1. The number of nitro benzene ring substituents is 1. The van der Waals surface area contributed by atoms with E-state index in [2.05, 4.69) is 10.3 Å². The van der Waals surface area contributed by atoms with Gasteiger partial charge in [-0.3, -0.25) is 14.9 Å². The number of amides is 1. The Bertz CT molecular complexity index is 1340. The Morgan fingerprint density at radius 2 is 1.82 bits per heavy atom. The monoisotopic (exact) mass is 490 g/mol. The Labute approximate surface area is 194 Å². The van der Waals surface area contributed by atoms with Crippen LogP contribution in [0.4, 0.5) is 5.69 Å². The molecule has 0 bridgehead atoms. The molecule has 1 aliphatic rings. The molecule has 4 rings (SSSR count). The molecular formula is C20H22N6O5S2. The van der Waals surface area contributed by atoms with Crippen molar-refractivity contribution in [1.82, 2.24) is 24.2 Å². The van der Waals surface area contributed by atoms with Crippen LogP contribution in [0.2, 0.25) is 0 Å². The molecule has 0 unspecified atom stereocenters. The van der Waals surface area contributed by atoms with Gasteiger partial charge in [-0.1, -0.05) is 11.3 Å². The number of benzene rings is 1. The Morgan fingerprint density at radius 1 is 1.12 bits per heavy atom. The highest BCUT2D eigenvalue weighted by molar-refractivity contribution is 7.89. The topological polar surface area (TPSA) is 132 Å². The van der Waals surface area contributed by atoms with Crippen molar-refractivity contribution >= 4 is 33.0 Å². The third-order valence-corrected chi connectivity index (χ3v) is 8.64. The summed E-state index contributed by atoms with van der Waals surface area (Å²) >= 11 is 1.44. The van der Waals surface area contributed by atoms with E-state index in [1.165, 1.54) is 38.5 Å². The van der Waals surface area contributed by atoms with E-state index < -0.39 is 14.9 Å². The fourth-order valence-corrected chi connectivity index (χ4v) is 6.74. The lowest BCUT2D eigenvalue weighted by Gasteiger charge is -2.33. The van der Waals surface area contributed by atoms with Gasteiger partial charge in [0.25, 0.3) is 11.6 Å². The van der Waals surface area contributed by atoms with E-state index in [-0.39, 0.29) is 43.5 Å². The van der Waals surface area contributed by atoms with Crippen LogP contribution in [-0.2, 0) is 10.0 Å². The number of non-ortho nitro benzene ring substituents is 1. The molecule has 1 fully saturated rings. The second kappa shape index (κ2) is 8.65. The molecule has 11 nitrogen and oxygen atoms in total. The zero-order valence-corrected chi connectivity index (χ0v) is 19.9. The highest BCUT2D eigenvalue weighted by Crippen LogP contribution is 2.28. The highest BCUT2D eigenvalue weighted by Gasteiger charge is 2.33. The Kier molecular flexibility index (Phi) is 6.03. The number of rotatable bonds is 5. The fraction of sp³-hybridized carbons (Fsp3) is 0.350. The first-order chi connectivity index (χ1) is 15.6. The van der Waals surface area contributed by atoms with E-state index in [1.807, 2.05) is 6.92 Å². The van der Waals surface area contributed by atoms with Crippen molar-refractivity contribution in [2.75, 3.05) is 26.2 Å². The van der Waals surface area contributed by atoms with E-state index >= 15 is 0 Å². The number of nitro groups is 1. The zero-order valence-electron chi connectivity index (χ0n) is 18.3. The third kappa shape index (κ3) is 4.26. The van der Waals surface area contributed by atoms with Crippen molar-refractivity contribution in [3.63, 3.8) is 0 Å². The summed E-state index contributed by atoms with van der Waals surface area (Å²) in [5.41, 5.74) is 0.899. The predicted molar refractivity (Wildman–Crippen MR) is 121 cm³/mol. The molecule has 0 saturated carbocycles. The molecule has 174 valence electrons. The molecule has 0 spiro atoms. The van der Waals surface area contributed by atoms with Gasteiger partial charge in [0.1, 0.15) is 0 Å². The first-order valence-corrected chi connectivity index (χ1v) is 12.4. The van der Waals surface area contributed by atoms with Gasteiger partial charge in [-0.2, -0.15) is 4.31 Å². The average Bonchev–Trinajstić information content (AvgIpc) is 3.35. The van der Waals surface area contributed by atoms with Crippen LogP contribution in [0.3, 0.4) is 0 Å². The molecule has 1 aliphatic heterocycles. The van der Waals surface area contributed by atoms with Gasteiger partial charge in [0.2, 0.25) is 10.0 Å². The maximum atomic E-state index is 13.1. The summed E-state index contributed by atoms with van der Waals surface area (Å²) in [5, 5.41) is 19.0. The van der Waals surface area contributed by atoms with Crippen molar-refractivity contribution in [2.24, 2.45) is 0 Å². The molecule has 0 aliphatic carbocycles. The normalized spacial score (nSPS) is 15.1. The van der Waals surface area contributed by atoms with Crippen LogP contribution in [0.1, 0.15) is 25.9 Å². The first kappa shape index (κ1) is 23.0. The number of thiophene rings is 1. The quantitative estimate of drug-likeness (QED) is 0.396. The summed E-state index contributed by atoms with van der Waals surface area (Å²) in [5.74, 6) is -0.358. The van der Waals surface area contributed by atoms with Crippen molar-refractivity contribution in [2.45, 2.75) is 25.7 Å². The molecule has 13 heteroatoms. The number of aryl methyl sites for hydroxylation is 2. The third-order valence-electron chi connectivity index (χ3n) is 5.52. The van der Waals surface area contributed by atoms with E-state index in [0.717, 1.165) is 9.75 Å². The molecule has 3 aromatic rings. The van der Waals surface area contributed by atoms with Crippen molar-refractivity contribution in [3.8, 4) is 5.69 Å². The van der Waals surface area contributed by atoms with Gasteiger partial charge in [0, 0.05) is 48.1 Å². The minimum atomic E-state index is -3.62. The van der Waals surface area contributed by atoms with Crippen molar-refractivity contribution in [3.05, 3.63) is 61.6 Å². The summed E-state index contributed by atoms with van der Waals surface area (Å²) in [6.07, 6.45) is 0. The number of hydrogen-bond acceptors (Lipinski definition) is 8. The summed E-state index contributed by atoms with van der Waals surface area (Å²) in [6.45, 7) is 6.14. The SMILES string of the molecule is Cc1cc(S(=O)(=O)N2CCN(C(=O)c3nnn(-c4cccc([N+](=O)[O-])c4)c3C)CC2)c(C)s1. The minimum Gasteiger partial charge on any atom is -0.335 e. The Hall–Kier alpha value is -3.16. The molecule has 0 radical (unpaired) electrons. The van der Waals surface area contributed by atoms with Crippen LogP contribution in [0, 0.1) is 30.9 Å². The summed E-state index contributed by atoms with van der Waals surface area (Å²) in [7, 11) is -3.62. The zero-order chi connectivity index (χ0) is 23.9. The number of aromatic nitrogens is 3. The van der Waals surface area contributed by atoms with Crippen LogP contribution in [0.25, 0.3) is 5.69 Å². The van der Waals surface area contributed by atoms with Crippen LogP contribution >= 0.6 is 11.3 Å². The van der Waals surface area contributed by atoms with Gasteiger partial charge < -0.3 is 4.90 Å². The Balaban J connectivity index is 1.49. The van der Waals surface area contributed by atoms with Gasteiger partial charge in [-0.25, -0.2) is 13.1 Å². The van der Waals surface area contributed by atoms with E-state index in [4.69, 9.17) is 0 Å². The number of carbonyl (C=O) groups excluding carboxylic acids is 1. The van der Waals surface area contributed by atoms with Crippen LogP contribution in [0.5, 0.6) is 0 Å². The second-order valence-electron chi connectivity index (χ2n) is 7.69. The number of piperazine rings is 1. The molecule has 33 heavy (non-hydrogen) atoms. The maximum Gasteiger partial charge on any atom is 0.276 e. The number of carbonyl (C=O) groups is 1. The molecule has 0 atom stereocenters. The molecular weight excluding hydrogens is 468 g/mol. The molecule has 0 N–H and O–H groups in total. The van der Waals surface area contributed by atoms with Gasteiger partial charge >= 0.3 is 0 Å². The summed E-state index contributed by atoms with van der Waals surface area (Å²) in [4.78, 5) is 27.2. The van der Waals surface area contributed by atoms with Gasteiger partial charge in [0.15, 0.2) is 5.69 Å². The van der Waals surface area contributed by atoms with Gasteiger partial charge in [0.05, 0.1) is 21.2 Å². The average molecular weight is 491 g/mol. The number of sulfonamides is 1. The predicted octanol–water partition coefficient (Wildman–Crippen LogP) is 2.31. The van der Waals surface area contributed by atoms with Crippen molar-refractivity contribution in [1.29, 1.82) is 0 Å². The standard InChI is InChI=1S/C20H22N6O5S2/c1-13-11-18(15(3)32-13)33(30,31)24-9-7-23(8-10-24)20(27)19-14(2)25(22-21-19)16-5-4-6-17(12-16)26(28)29/h4-6,11-12H,7-10H2,1-3H3. The van der Waals surface area contributed by atoms with Crippen LogP contribution < -0.4 is 0 Å². The number of hydrogen-bond donors (Lipinski definition) is 0. The first-order valence-electron chi connectivity index (χ1n) is 10.1. The molecule has 1 saturated heterocycles. The minimum absolute atomic E-state index is 0.0938. The fourth-order valence-electron chi connectivity index (χ4n) is 3.79. The lowest BCUT2D eigenvalue weighted by molar-refractivity contribution is -0.384. The van der Waals surface area contributed by atoms with E-state index in [0.29, 0.717) is 16.3 Å². The van der Waals surface area contributed by atoms with Crippen molar-refractivity contribution < 1.29 is 18.1 Å². The van der Waals surface area contributed by atoms with E-state index in [1.54, 1.807) is 30.9 Å². The highest BCUT2D eigenvalue weighted by atomic mass is 32.2. The lowest BCUT2D eigenvalue weighted by Crippen LogP contribution is -2.50. The molecule has 1 aromatic carbocycles. The summed E-state index contributed by atoms with van der Waals surface area (Å²) in [6, 6.07) is 7.58. The molecule has 1 amide bonds. The Morgan fingerprint density at radius 3 is 2.42 bits per heavy atom. The maximum absolute atomic E-state index is 13.1. The summed E-state index contributed by atoms with van der Waals surface area (Å²) < 4.78 is 28.8. The van der Waals surface area contributed by atoms with Crippen LogP contribution in [0.15, 0.2) is 35.2 Å². The van der Waals surface area contributed by atoms with Crippen LogP contribution in [-0.4, -0.2) is 69.6 Å². The van der Waals surface area contributed by atoms with Gasteiger partial charge in [-0.05, 0) is 32.9 Å². The molecule has 3 heterocycles. The van der Waals surface area contributed by atoms with Gasteiger partial charge in [-0.15, -0.1) is 16.4 Å². The molecule has 2 aromatic heterocycles.